The average Bonchev–Trinajstić information content (AvgIpc) is 3.17. The second-order valence-electron chi connectivity index (χ2n) is 6.28. The van der Waals surface area contributed by atoms with Gasteiger partial charge in [0.25, 0.3) is 0 Å². The lowest BCUT2D eigenvalue weighted by Crippen LogP contribution is -2.17. The molecule has 0 fully saturated rings. The van der Waals surface area contributed by atoms with Gasteiger partial charge < -0.3 is 4.57 Å². The number of benzene rings is 1. The summed E-state index contributed by atoms with van der Waals surface area (Å²) in [6, 6.07) is 8.43. The Morgan fingerprint density at radius 1 is 1.24 bits per heavy atom. The topological polar surface area (TPSA) is 72.7 Å². The molecule has 3 rings (SSSR count). The van der Waals surface area contributed by atoms with E-state index in [1.165, 1.54) is 5.56 Å². The maximum Gasteiger partial charge on any atom is 0.232 e. The minimum atomic E-state index is -0.150. The molecule has 0 atom stereocenters. The van der Waals surface area contributed by atoms with Gasteiger partial charge in [0, 0.05) is 18.0 Å². The average molecular weight is 355 g/mol. The number of carbonyl (C=O) groups is 1. The van der Waals surface area contributed by atoms with Crippen LogP contribution in [0.15, 0.2) is 29.6 Å². The second kappa shape index (κ2) is 7.14. The number of carbonyl (C=O) groups excluding carboxylic acids is 1. The van der Waals surface area contributed by atoms with Crippen molar-refractivity contribution in [2.75, 3.05) is 5.32 Å². The second-order valence-corrected chi connectivity index (χ2v) is 7.13. The van der Waals surface area contributed by atoms with Gasteiger partial charge in [0.2, 0.25) is 11.9 Å². The molecule has 1 amide bonds. The first-order chi connectivity index (χ1) is 11.9. The highest BCUT2D eigenvalue weighted by Crippen LogP contribution is 2.26. The van der Waals surface area contributed by atoms with E-state index >= 15 is 0 Å². The van der Waals surface area contributed by atoms with Crippen LogP contribution in [-0.4, -0.2) is 25.7 Å². The van der Waals surface area contributed by atoms with E-state index in [1.54, 1.807) is 15.9 Å². The number of hydrogen-bond donors (Lipinski definition) is 1. The standard InChI is InChI=1S/C18H21N5OS/c1-11(2)13-5-7-14(8-6-13)17-19-15(10-25-17)9-16(24)20-18-22-21-12(3)23(18)4/h5-8,10-11H,9H2,1-4H3,(H,20,22,24). The number of nitrogens with zero attached hydrogens (tertiary/aromatic N) is 4. The lowest BCUT2D eigenvalue weighted by Gasteiger charge is -2.05. The van der Waals surface area contributed by atoms with Gasteiger partial charge in [-0.1, -0.05) is 38.1 Å². The molecule has 0 radical (unpaired) electrons. The number of rotatable bonds is 5. The molecule has 0 spiro atoms. The third kappa shape index (κ3) is 3.93. The maximum atomic E-state index is 12.2. The van der Waals surface area contributed by atoms with E-state index in [0.29, 0.717) is 11.9 Å². The van der Waals surface area contributed by atoms with E-state index in [0.717, 1.165) is 22.1 Å². The highest BCUT2D eigenvalue weighted by atomic mass is 32.1. The lowest BCUT2D eigenvalue weighted by atomic mass is 10.0. The number of aromatic nitrogens is 4. The summed E-state index contributed by atoms with van der Waals surface area (Å²) in [6.07, 6.45) is 0.215. The van der Waals surface area contributed by atoms with Crippen molar-refractivity contribution in [1.82, 2.24) is 19.7 Å². The molecule has 25 heavy (non-hydrogen) atoms. The summed E-state index contributed by atoms with van der Waals surface area (Å²) in [5.41, 5.74) is 3.13. The van der Waals surface area contributed by atoms with Crippen LogP contribution in [0.25, 0.3) is 10.6 Å². The first-order valence-corrected chi connectivity index (χ1v) is 9.02. The molecule has 3 aromatic rings. The summed E-state index contributed by atoms with van der Waals surface area (Å²) in [5.74, 6) is 1.55. The SMILES string of the molecule is Cc1nnc(NC(=O)Cc2csc(-c3ccc(C(C)C)cc3)n2)n1C. The summed E-state index contributed by atoms with van der Waals surface area (Å²) in [6.45, 7) is 6.18. The minimum Gasteiger partial charge on any atom is -0.300 e. The van der Waals surface area contributed by atoms with Gasteiger partial charge in [-0.15, -0.1) is 21.5 Å². The molecule has 2 aromatic heterocycles. The first-order valence-electron chi connectivity index (χ1n) is 8.14. The van der Waals surface area contributed by atoms with E-state index in [1.807, 2.05) is 19.4 Å². The number of thiazole rings is 1. The summed E-state index contributed by atoms with van der Waals surface area (Å²) in [7, 11) is 1.81. The normalized spacial score (nSPS) is 11.1. The van der Waals surface area contributed by atoms with Crippen molar-refractivity contribution in [3.63, 3.8) is 0 Å². The number of amides is 1. The van der Waals surface area contributed by atoms with Crippen LogP contribution >= 0.6 is 11.3 Å². The molecular formula is C18H21N5OS. The number of nitrogens with one attached hydrogen (secondary N) is 1. The van der Waals surface area contributed by atoms with Crippen LogP contribution in [0.3, 0.4) is 0 Å². The monoisotopic (exact) mass is 355 g/mol. The zero-order valence-corrected chi connectivity index (χ0v) is 15.6. The molecular weight excluding hydrogens is 334 g/mol. The Hall–Kier alpha value is -2.54. The predicted octanol–water partition coefficient (Wildman–Crippen LogP) is 3.55. The summed E-state index contributed by atoms with van der Waals surface area (Å²) in [5, 5.41) is 13.5. The largest absolute Gasteiger partial charge is 0.300 e. The number of hydrogen-bond acceptors (Lipinski definition) is 5. The van der Waals surface area contributed by atoms with Gasteiger partial charge in [-0.3, -0.25) is 10.1 Å². The highest BCUT2D eigenvalue weighted by Gasteiger charge is 2.12. The van der Waals surface area contributed by atoms with Gasteiger partial charge in [0.1, 0.15) is 10.8 Å². The third-order valence-corrected chi connectivity index (χ3v) is 5.00. The molecule has 7 heteroatoms. The molecule has 0 unspecified atom stereocenters. The highest BCUT2D eigenvalue weighted by molar-refractivity contribution is 7.13. The summed E-state index contributed by atoms with van der Waals surface area (Å²) in [4.78, 5) is 16.8. The predicted molar refractivity (Wildman–Crippen MR) is 99.7 cm³/mol. The molecule has 6 nitrogen and oxygen atoms in total. The van der Waals surface area contributed by atoms with Crippen LogP contribution in [0.5, 0.6) is 0 Å². The van der Waals surface area contributed by atoms with Crippen molar-refractivity contribution in [2.24, 2.45) is 7.05 Å². The molecule has 1 aromatic carbocycles. The van der Waals surface area contributed by atoms with Crippen LogP contribution in [0, 0.1) is 6.92 Å². The molecule has 0 bridgehead atoms. The van der Waals surface area contributed by atoms with Crippen molar-refractivity contribution >= 4 is 23.2 Å². The number of anilines is 1. The Bertz CT molecular complexity index is 879. The molecule has 0 aliphatic carbocycles. The van der Waals surface area contributed by atoms with Crippen molar-refractivity contribution in [1.29, 1.82) is 0 Å². The van der Waals surface area contributed by atoms with E-state index in [4.69, 9.17) is 0 Å². The van der Waals surface area contributed by atoms with E-state index in [9.17, 15) is 4.79 Å². The quantitative estimate of drug-likeness (QED) is 0.759. The fourth-order valence-corrected chi connectivity index (χ4v) is 3.21. The fourth-order valence-electron chi connectivity index (χ4n) is 2.38. The lowest BCUT2D eigenvalue weighted by molar-refractivity contribution is -0.115. The molecule has 0 aliphatic rings. The van der Waals surface area contributed by atoms with E-state index in [-0.39, 0.29) is 12.3 Å². The number of aryl methyl sites for hydroxylation is 1. The Balaban J connectivity index is 1.67. The van der Waals surface area contributed by atoms with Crippen molar-refractivity contribution < 1.29 is 4.79 Å². The Kier molecular flexibility index (Phi) is 4.94. The van der Waals surface area contributed by atoms with Crippen LogP contribution in [0.1, 0.15) is 36.8 Å². The fraction of sp³-hybridized carbons (Fsp3) is 0.333. The van der Waals surface area contributed by atoms with Crippen LogP contribution in [0.2, 0.25) is 0 Å². The zero-order valence-electron chi connectivity index (χ0n) is 14.8. The van der Waals surface area contributed by atoms with E-state index < -0.39 is 0 Å². The molecule has 1 N–H and O–H groups in total. The Morgan fingerprint density at radius 2 is 1.96 bits per heavy atom. The van der Waals surface area contributed by atoms with Gasteiger partial charge >= 0.3 is 0 Å². The molecule has 130 valence electrons. The van der Waals surface area contributed by atoms with Crippen molar-refractivity contribution in [3.8, 4) is 10.6 Å². The first kappa shape index (κ1) is 17.3. The van der Waals surface area contributed by atoms with Crippen LogP contribution in [-0.2, 0) is 18.3 Å². The Labute approximate surface area is 150 Å². The Morgan fingerprint density at radius 3 is 2.56 bits per heavy atom. The van der Waals surface area contributed by atoms with Gasteiger partial charge in [0.05, 0.1) is 12.1 Å². The van der Waals surface area contributed by atoms with Gasteiger partial charge in [-0.25, -0.2) is 4.98 Å². The van der Waals surface area contributed by atoms with Gasteiger partial charge in [-0.2, -0.15) is 0 Å². The van der Waals surface area contributed by atoms with Crippen molar-refractivity contribution in [2.45, 2.75) is 33.1 Å². The molecule has 0 aliphatic heterocycles. The zero-order chi connectivity index (χ0) is 18.0. The van der Waals surface area contributed by atoms with Gasteiger partial charge in [0.15, 0.2) is 0 Å². The minimum absolute atomic E-state index is 0.150. The molecule has 0 saturated carbocycles. The van der Waals surface area contributed by atoms with Crippen LogP contribution < -0.4 is 5.32 Å². The summed E-state index contributed by atoms with van der Waals surface area (Å²) < 4.78 is 1.74. The smallest absolute Gasteiger partial charge is 0.232 e. The van der Waals surface area contributed by atoms with Gasteiger partial charge in [-0.05, 0) is 18.4 Å². The third-order valence-electron chi connectivity index (χ3n) is 4.06. The summed E-state index contributed by atoms with van der Waals surface area (Å²) >= 11 is 1.55. The van der Waals surface area contributed by atoms with E-state index in [2.05, 4.69) is 58.6 Å². The van der Waals surface area contributed by atoms with Crippen molar-refractivity contribution in [3.05, 3.63) is 46.7 Å². The molecule has 0 saturated heterocycles. The van der Waals surface area contributed by atoms with Crippen LogP contribution in [0.4, 0.5) is 5.95 Å². The molecule has 2 heterocycles. The maximum absolute atomic E-state index is 12.2.